The van der Waals surface area contributed by atoms with Crippen molar-refractivity contribution in [2.45, 2.75) is 52.7 Å². The van der Waals surface area contributed by atoms with Crippen molar-refractivity contribution in [2.75, 3.05) is 19.6 Å². The lowest BCUT2D eigenvalue weighted by atomic mass is 9.98. The molecule has 2 heterocycles. The second kappa shape index (κ2) is 10.5. The molecular formula is C26H34FN5O3. The average Bonchev–Trinajstić information content (AvgIpc) is 3.25. The molecule has 2 amide bonds. The molecule has 0 bridgehead atoms. The molecule has 1 aliphatic rings. The summed E-state index contributed by atoms with van der Waals surface area (Å²) in [5, 5.41) is 18.3. The van der Waals surface area contributed by atoms with Crippen LogP contribution in [0.4, 0.5) is 4.39 Å². The molecule has 1 aromatic carbocycles. The zero-order valence-electron chi connectivity index (χ0n) is 20.9. The van der Waals surface area contributed by atoms with Crippen LogP contribution in [-0.4, -0.2) is 73.7 Å². The van der Waals surface area contributed by atoms with Crippen molar-refractivity contribution in [3.8, 4) is 0 Å². The summed E-state index contributed by atoms with van der Waals surface area (Å²) in [6, 6.07) is 5.56. The van der Waals surface area contributed by atoms with E-state index in [9.17, 15) is 19.1 Å². The largest absolute Gasteiger partial charge is 0.390 e. The molecule has 3 rings (SSSR count). The Bertz CT molecular complexity index is 1110. The summed E-state index contributed by atoms with van der Waals surface area (Å²) in [5.41, 5.74) is 0.819. The average molecular weight is 484 g/mol. The number of imidazole rings is 1. The second-order valence-electron chi connectivity index (χ2n) is 10.00. The third-order valence-electron chi connectivity index (χ3n) is 5.98. The first-order chi connectivity index (χ1) is 16.4. The van der Waals surface area contributed by atoms with Gasteiger partial charge in [0.2, 0.25) is 5.91 Å². The van der Waals surface area contributed by atoms with Gasteiger partial charge in [-0.2, -0.15) is 0 Å². The number of carbonyl (C=O) groups excluding carboxylic acids is 2. The summed E-state index contributed by atoms with van der Waals surface area (Å²) in [5.74, 6) is -0.170. The third kappa shape index (κ3) is 6.63. The molecule has 0 saturated carbocycles. The number of piperazine rings is 1. The lowest BCUT2D eigenvalue weighted by Crippen LogP contribution is -2.56. The molecule has 0 spiro atoms. The first-order valence-corrected chi connectivity index (χ1v) is 11.8. The number of halogens is 1. The summed E-state index contributed by atoms with van der Waals surface area (Å²) in [6.45, 7) is 10.2. The first-order valence-electron chi connectivity index (χ1n) is 11.8. The molecule has 1 fully saturated rings. The van der Waals surface area contributed by atoms with Crippen LogP contribution in [0.25, 0.3) is 5.57 Å². The van der Waals surface area contributed by atoms with Gasteiger partial charge in [-0.1, -0.05) is 13.8 Å². The third-order valence-corrected chi connectivity index (χ3v) is 5.98. The number of carbonyl (C=O) groups is 2. The van der Waals surface area contributed by atoms with Gasteiger partial charge in [-0.3, -0.25) is 9.59 Å². The van der Waals surface area contributed by atoms with Gasteiger partial charge in [0.1, 0.15) is 17.3 Å². The Labute approximate surface area is 205 Å². The Balaban J connectivity index is 1.72. The smallest absolute Gasteiger partial charge is 0.272 e. The number of aromatic nitrogens is 2. The van der Waals surface area contributed by atoms with E-state index in [1.165, 1.54) is 18.3 Å². The highest BCUT2D eigenvalue weighted by atomic mass is 19.1. The molecule has 2 aromatic rings. The summed E-state index contributed by atoms with van der Waals surface area (Å²) < 4.78 is 13.2. The molecule has 9 heteroatoms. The maximum absolute atomic E-state index is 13.2. The molecule has 1 aliphatic heterocycles. The van der Waals surface area contributed by atoms with E-state index in [-0.39, 0.29) is 41.7 Å². The van der Waals surface area contributed by atoms with Crippen LogP contribution in [0.3, 0.4) is 0 Å². The van der Waals surface area contributed by atoms with Gasteiger partial charge in [-0.05, 0) is 68.2 Å². The quantitative estimate of drug-likeness (QED) is 0.523. The van der Waals surface area contributed by atoms with E-state index in [0.29, 0.717) is 36.7 Å². The maximum Gasteiger partial charge on any atom is 0.272 e. The van der Waals surface area contributed by atoms with Gasteiger partial charge in [0.05, 0.1) is 23.9 Å². The maximum atomic E-state index is 13.2. The van der Waals surface area contributed by atoms with E-state index in [1.807, 2.05) is 20.8 Å². The SMILES string of the molecule is CC(C)/C(=C/C(=N)c1ccc(F)cc1)c1ncc(C(=O)N2CCN(C(=O)CC(C)(C)O)[C@@H](C)C2)[nH]1. The van der Waals surface area contributed by atoms with Crippen LogP contribution in [0.15, 0.2) is 36.5 Å². The molecule has 35 heavy (non-hydrogen) atoms. The molecule has 1 saturated heterocycles. The van der Waals surface area contributed by atoms with Crippen LogP contribution in [0, 0.1) is 17.1 Å². The molecule has 3 N–H and O–H groups in total. The van der Waals surface area contributed by atoms with Crippen molar-refractivity contribution < 1.29 is 19.1 Å². The van der Waals surface area contributed by atoms with Crippen LogP contribution in [0.2, 0.25) is 0 Å². The number of amides is 2. The lowest BCUT2D eigenvalue weighted by molar-refractivity contribution is -0.139. The number of rotatable bonds is 7. The fraction of sp³-hybridized carbons (Fsp3) is 0.462. The van der Waals surface area contributed by atoms with Gasteiger partial charge in [0.15, 0.2) is 0 Å². The molecule has 8 nitrogen and oxygen atoms in total. The minimum atomic E-state index is -1.08. The fourth-order valence-electron chi connectivity index (χ4n) is 4.11. The van der Waals surface area contributed by atoms with Gasteiger partial charge in [0, 0.05) is 25.7 Å². The number of nitrogens with zero attached hydrogens (tertiary/aromatic N) is 3. The number of hydrogen-bond acceptors (Lipinski definition) is 5. The Morgan fingerprint density at radius 3 is 2.51 bits per heavy atom. The minimum Gasteiger partial charge on any atom is -0.390 e. The van der Waals surface area contributed by atoms with Gasteiger partial charge >= 0.3 is 0 Å². The topological polar surface area (TPSA) is 113 Å². The van der Waals surface area contributed by atoms with E-state index in [1.54, 1.807) is 41.9 Å². The lowest BCUT2D eigenvalue weighted by Gasteiger charge is -2.40. The molecule has 1 aromatic heterocycles. The number of aromatic amines is 1. The number of aliphatic hydroxyl groups is 1. The van der Waals surface area contributed by atoms with Crippen LogP contribution in [0.1, 0.15) is 62.9 Å². The van der Waals surface area contributed by atoms with Gasteiger partial charge in [-0.15, -0.1) is 0 Å². The summed E-state index contributed by atoms with van der Waals surface area (Å²) >= 11 is 0. The Morgan fingerprint density at radius 1 is 1.29 bits per heavy atom. The molecule has 1 atom stereocenters. The molecule has 188 valence electrons. The molecular weight excluding hydrogens is 449 g/mol. The zero-order valence-corrected chi connectivity index (χ0v) is 20.9. The van der Waals surface area contributed by atoms with E-state index in [2.05, 4.69) is 9.97 Å². The summed E-state index contributed by atoms with van der Waals surface area (Å²) in [6.07, 6.45) is 3.21. The Kier molecular flexibility index (Phi) is 7.90. The molecule has 0 unspecified atom stereocenters. The van der Waals surface area contributed by atoms with Crippen molar-refractivity contribution in [3.05, 3.63) is 59.4 Å². The highest BCUT2D eigenvalue weighted by Gasteiger charge is 2.32. The molecule has 0 radical (unpaired) electrons. The van der Waals surface area contributed by atoms with Gasteiger partial charge < -0.3 is 25.3 Å². The number of H-pyrrole nitrogens is 1. The van der Waals surface area contributed by atoms with E-state index < -0.39 is 5.60 Å². The van der Waals surface area contributed by atoms with E-state index in [0.717, 1.165) is 5.57 Å². The standard InChI is InChI=1S/C26H34FN5O3/c1-16(2)20(12-21(28)18-6-8-19(27)9-7-18)24-29-14-22(30-24)25(34)31-10-11-32(17(3)15-31)23(33)13-26(4,5)35/h6-9,12,14,16-17,28,35H,10-11,13,15H2,1-5H3,(H,29,30)/b20-12-,28-21?/t17-/m0/s1. The predicted octanol–water partition coefficient (Wildman–Crippen LogP) is 3.49. The Morgan fingerprint density at radius 2 is 1.94 bits per heavy atom. The minimum absolute atomic E-state index is 0.0234. The summed E-state index contributed by atoms with van der Waals surface area (Å²) in [4.78, 5) is 36.6. The van der Waals surface area contributed by atoms with Crippen molar-refractivity contribution in [3.63, 3.8) is 0 Å². The van der Waals surface area contributed by atoms with Crippen molar-refractivity contribution in [1.29, 1.82) is 5.41 Å². The second-order valence-corrected chi connectivity index (χ2v) is 10.00. The van der Waals surface area contributed by atoms with Crippen LogP contribution in [0.5, 0.6) is 0 Å². The molecule has 0 aliphatic carbocycles. The van der Waals surface area contributed by atoms with E-state index >= 15 is 0 Å². The predicted molar refractivity (Wildman–Crippen MR) is 133 cm³/mol. The highest BCUT2D eigenvalue weighted by Crippen LogP contribution is 2.23. The van der Waals surface area contributed by atoms with Crippen molar-refractivity contribution in [2.24, 2.45) is 5.92 Å². The number of hydrogen-bond donors (Lipinski definition) is 3. The van der Waals surface area contributed by atoms with Crippen molar-refractivity contribution in [1.82, 2.24) is 19.8 Å². The van der Waals surface area contributed by atoms with Gasteiger partial charge in [0.25, 0.3) is 5.91 Å². The van der Waals surface area contributed by atoms with E-state index in [4.69, 9.17) is 5.41 Å². The number of nitrogens with one attached hydrogen (secondary N) is 2. The van der Waals surface area contributed by atoms with Crippen LogP contribution in [-0.2, 0) is 4.79 Å². The van der Waals surface area contributed by atoms with Crippen LogP contribution >= 0.6 is 0 Å². The Hall–Kier alpha value is -3.33. The number of benzene rings is 1. The zero-order chi connectivity index (χ0) is 25.9. The normalized spacial score (nSPS) is 17.1. The number of allylic oxidation sites excluding steroid dienone is 2. The van der Waals surface area contributed by atoms with Crippen LogP contribution < -0.4 is 0 Å². The van der Waals surface area contributed by atoms with Crippen molar-refractivity contribution >= 4 is 23.1 Å². The monoisotopic (exact) mass is 483 g/mol. The first kappa shape index (κ1) is 26.3. The van der Waals surface area contributed by atoms with Gasteiger partial charge in [-0.25, -0.2) is 9.37 Å². The fourth-order valence-corrected chi connectivity index (χ4v) is 4.11. The highest BCUT2D eigenvalue weighted by molar-refractivity contribution is 6.10. The summed E-state index contributed by atoms with van der Waals surface area (Å²) in [7, 11) is 0.